The summed E-state index contributed by atoms with van der Waals surface area (Å²) in [6.45, 7) is 2.05. The summed E-state index contributed by atoms with van der Waals surface area (Å²) in [7, 11) is -3.99. The summed E-state index contributed by atoms with van der Waals surface area (Å²) in [4.78, 5) is 11.4. The third kappa shape index (κ3) is 4.00. The maximum Gasteiger partial charge on any atom is 0.385 e. The molecule has 1 aromatic carbocycles. The van der Waals surface area contributed by atoms with E-state index in [9.17, 15) is 13.2 Å². The zero-order chi connectivity index (χ0) is 12.0. The molecule has 0 aliphatic rings. The molecule has 0 saturated carbocycles. The molecule has 0 unspecified atom stereocenters. The van der Waals surface area contributed by atoms with Crippen LogP contribution in [0, 0.1) is 0 Å². The quantitative estimate of drug-likeness (QED) is 0.840. The molecule has 0 amide bonds. The minimum Gasteiger partial charge on any atom is -0.329 e. The van der Waals surface area contributed by atoms with Gasteiger partial charge in [0.2, 0.25) is 0 Å². The van der Waals surface area contributed by atoms with E-state index >= 15 is 0 Å². The van der Waals surface area contributed by atoms with Crippen LogP contribution in [0.15, 0.2) is 30.3 Å². The summed E-state index contributed by atoms with van der Waals surface area (Å²) in [5.41, 5.74) is 0.198. The first kappa shape index (κ1) is 12.7. The predicted octanol–water partition coefficient (Wildman–Crippen LogP) is 1.09. The Hall–Kier alpha value is -1.40. The molecule has 0 aromatic heterocycles. The molecule has 0 spiro atoms. The summed E-state index contributed by atoms with van der Waals surface area (Å²) >= 11 is 0. The zero-order valence-electron chi connectivity index (χ0n) is 8.84. The summed E-state index contributed by atoms with van der Waals surface area (Å²) in [5, 5.41) is 0. The lowest BCUT2D eigenvalue weighted by molar-refractivity contribution is 0.0744. The zero-order valence-corrected chi connectivity index (χ0v) is 9.66. The van der Waals surface area contributed by atoms with E-state index in [4.69, 9.17) is 0 Å². The molecule has 0 bridgehead atoms. The third-order valence-corrected chi connectivity index (χ3v) is 2.65. The second-order valence-electron chi connectivity index (χ2n) is 3.09. The number of carbonyl (C=O) groups excluding carboxylic acids is 1. The summed E-state index contributed by atoms with van der Waals surface area (Å²) in [6, 6.07) is 7.95. The highest BCUT2D eigenvalue weighted by molar-refractivity contribution is 7.85. The van der Waals surface area contributed by atoms with Gasteiger partial charge in [0, 0.05) is 6.54 Å². The fourth-order valence-electron chi connectivity index (χ4n) is 0.979. The molecule has 0 fully saturated rings. The molecule has 0 heterocycles. The predicted molar refractivity (Wildman–Crippen MR) is 59.1 cm³/mol. The lowest BCUT2D eigenvalue weighted by atomic mass is 10.2. The van der Waals surface area contributed by atoms with Gasteiger partial charge in [0.15, 0.2) is 0 Å². The van der Waals surface area contributed by atoms with Gasteiger partial charge >= 0.3 is 16.3 Å². The first-order valence-corrected chi connectivity index (χ1v) is 6.24. The van der Waals surface area contributed by atoms with Crippen LogP contribution in [0.25, 0.3) is 0 Å². The van der Waals surface area contributed by atoms with Crippen LogP contribution < -0.4 is 4.72 Å². The van der Waals surface area contributed by atoms with Gasteiger partial charge in [-0.1, -0.05) is 25.1 Å². The Balaban J connectivity index is 2.65. The second kappa shape index (κ2) is 5.62. The molecule has 0 aliphatic heterocycles. The van der Waals surface area contributed by atoms with Crippen LogP contribution in [-0.2, 0) is 14.5 Å². The molecular formula is C10H13NO4S. The first-order chi connectivity index (χ1) is 7.55. The number of hydrogen-bond donors (Lipinski definition) is 1. The molecule has 1 aromatic rings. The molecule has 0 saturated heterocycles. The molecule has 88 valence electrons. The Labute approximate surface area is 94.7 Å². The van der Waals surface area contributed by atoms with Crippen molar-refractivity contribution in [3.63, 3.8) is 0 Å². The largest absolute Gasteiger partial charge is 0.385 e. The van der Waals surface area contributed by atoms with Crippen molar-refractivity contribution in [3.8, 4) is 0 Å². The van der Waals surface area contributed by atoms with Gasteiger partial charge in [0.05, 0.1) is 5.56 Å². The normalized spacial score (nSPS) is 11.1. The van der Waals surface area contributed by atoms with E-state index in [1.165, 1.54) is 12.1 Å². The smallest absolute Gasteiger partial charge is 0.329 e. The SMILES string of the molecule is CCCNS(=O)(=O)OC(=O)c1ccccc1. The Morgan fingerprint density at radius 1 is 1.31 bits per heavy atom. The molecule has 0 aliphatic carbocycles. The second-order valence-corrected chi connectivity index (χ2v) is 4.45. The van der Waals surface area contributed by atoms with E-state index in [0.717, 1.165) is 0 Å². The van der Waals surface area contributed by atoms with Gasteiger partial charge in [-0.05, 0) is 18.6 Å². The summed E-state index contributed by atoms with van der Waals surface area (Å²) < 4.78 is 28.9. The average Bonchev–Trinajstić information content (AvgIpc) is 2.27. The number of nitrogens with one attached hydrogen (secondary N) is 1. The van der Waals surface area contributed by atoms with Crippen molar-refractivity contribution < 1.29 is 17.4 Å². The maximum atomic E-state index is 11.4. The van der Waals surface area contributed by atoms with Crippen molar-refractivity contribution in [2.24, 2.45) is 0 Å². The molecule has 16 heavy (non-hydrogen) atoms. The van der Waals surface area contributed by atoms with E-state index in [2.05, 4.69) is 8.91 Å². The molecule has 5 nitrogen and oxygen atoms in total. The summed E-state index contributed by atoms with van der Waals surface area (Å²) in [6.07, 6.45) is 0.627. The van der Waals surface area contributed by atoms with Crippen molar-refractivity contribution in [1.82, 2.24) is 4.72 Å². The number of rotatable bonds is 5. The minimum atomic E-state index is -3.99. The Morgan fingerprint density at radius 3 is 2.50 bits per heavy atom. The highest BCUT2D eigenvalue weighted by Crippen LogP contribution is 2.03. The standard InChI is InChI=1S/C10H13NO4S/c1-2-8-11-16(13,14)15-10(12)9-6-4-3-5-7-9/h3-7,11H,2,8H2,1H3. The maximum absolute atomic E-state index is 11.4. The Morgan fingerprint density at radius 2 is 1.94 bits per heavy atom. The Kier molecular flexibility index (Phi) is 4.45. The topological polar surface area (TPSA) is 72.5 Å². The van der Waals surface area contributed by atoms with Gasteiger partial charge in [0.1, 0.15) is 0 Å². The molecule has 1 rings (SSSR count). The van der Waals surface area contributed by atoms with Gasteiger partial charge in [-0.15, -0.1) is 0 Å². The number of benzene rings is 1. The summed E-state index contributed by atoms with van der Waals surface area (Å²) in [5.74, 6) is -0.885. The van der Waals surface area contributed by atoms with Gasteiger partial charge in [-0.25, -0.2) is 4.79 Å². The van der Waals surface area contributed by atoms with Crippen molar-refractivity contribution in [2.75, 3.05) is 6.54 Å². The van der Waals surface area contributed by atoms with Crippen molar-refractivity contribution in [2.45, 2.75) is 13.3 Å². The van der Waals surface area contributed by atoms with E-state index < -0.39 is 16.3 Å². The highest BCUT2D eigenvalue weighted by Gasteiger charge is 2.17. The molecule has 6 heteroatoms. The lowest BCUT2D eigenvalue weighted by Gasteiger charge is -2.05. The van der Waals surface area contributed by atoms with Gasteiger partial charge in [0.25, 0.3) is 0 Å². The molecule has 1 N–H and O–H groups in total. The van der Waals surface area contributed by atoms with Gasteiger partial charge in [-0.2, -0.15) is 13.1 Å². The van der Waals surface area contributed by atoms with Crippen molar-refractivity contribution in [3.05, 3.63) is 35.9 Å². The van der Waals surface area contributed by atoms with E-state index in [-0.39, 0.29) is 12.1 Å². The third-order valence-electron chi connectivity index (χ3n) is 1.72. The van der Waals surface area contributed by atoms with E-state index in [1.54, 1.807) is 18.2 Å². The van der Waals surface area contributed by atoms with Crippen LogP contribution in [-0.4, -0.2) is 20.9 Å². The number of carbonyl (C=O) groups is 1. The minimum absolute atomic E-state index is 0.198. The van der Waals surface area contributed by atoms with E-state index in [1.807, 2.05) is 6.92 Å². The Bertz CT molecular complexity index is 441. The van der Waals surface area contributed by atoms with Crippen LogP contribution in [0.4, 0.5) is 0 Å². The monoisotopic (exact) mass is 243 g/mol. The van der Waals surface area contributed by atoms with Crippen LogP contribution in [0.2, 0.25) is 0 Å². The molecule has 0 atom stereocenters. The number of hydrogen-bond acceptors (Lipinski definition) is 4. The van der Waals surface area contributed by atoms with Gasteiger partial charge < -0.3 is 4.18 Å². The highest BCUT2D eigenvalue weighted by atomic mass is 32.2. The van der Waals surface area contributed by atoms with Crippen LogP contribution in [0.5, 0.6) is 0 Å². The van der Waals surface area contributed by atoms with Crippen molar-refractivity contribution >= 4 is 16.3 Å². The first-order valence-electron chi connectivity index (χ1n) is 4.83. The van der Waals surface area contributed by atoms with Crippen LogP contribution >= 0.6 is 0 Å². The van der Waals surface area contributed by atoms with Crippen molar-refractivity contribution in [1.29, 1.82) is 0 Å². The fraction of sp³-hybridized carbons (Fsp3) is 0.300. The average molecular weight is 243 g/mol. The lowest BCUT2D eigenvalue weighted by Crippen LogP contribution is -2.28. The van der Waals surface area contributed by atoms with E-state index in [0.29, 0.717) is 6.42 Å². The van der Waals surface area contributed by atoms with Gasteiger partial charge in [-0.3, -0.25) is 0 Å². The molecule has 0 radical (unpaired) electrons. The van der Waals surface area contributed by atoms with Crippen LogP contribution in [0.1, 0.15) is 23.7 Å². The van der Waals surface area contributed by atoms with Crippen LogP contribution in [0.3, 0.4) is 0 Å². The molecular weight excluding hydrogens is 230 g/mol. The fourth-order valence-corrected chi connectivity index (χ4v) is 1.79.